The van der Waals surface area contributed by atoms with E-state index in [2.05, 4.69) is 35.1 Å². The van der Waals surface area contributed by atoms with Crippen molar-refractivity contribution in [1.29, 1.82) is 0 Å². The van der Waals surface area contributed by atoms with E-state index in [1.54, 1.807) is 22.7 Å². The lowest BCUT2D eigenvalue weighted by molar-refractivity contribution is -0.138. The van der Waals surface area contributed by atoms with E-state index in [-0.39, 0.29) is 11.8 Å². The van der Waals surface area contributed by atoms with Crippen molar-refractivity contribution in [1.82, 2.24) is 10.2 Å². The number of thiophene rings is 2. The average molecular weight is 320 g/mol. The first-order valence-corrected chi connectivity index (χ1v) is 9.04. The predicted octanol–water partition coefficient (Wildman–Crippen LogP) is 3.19. The van der Waals surface area contributed by atoms with E-state index < -0.39 is 0 Å². The third-order valence-electron chi connectivity index (χ3n) is 4.07. The summed E-state index contributed by atoms with van der Waals surface area (Å²) in [6.45, 7) is 5.46. The Morgan fingerprint density at radius 3 is 2.19 bits per heavy atom. The molecule has 1 fully saturated rings. The number of carbonyl (C=O) groups is 1. The van der Waals surface area contributed by atoms with Crippen molar-refractivity contribution in [3.63, 3.8) is 0 Å². The van der Waals surface area contributed by atoms with E-state index >= 15 is 0 Å². The van der Waals surface area contributed by atoms with Gasteiger partial charge in [-0.2, -0.15) is 0 Å². The molecule has 3 nitrogen and oxygen atoms in total. The Morgan fingerprint density at radius 2 is 1.81 bits per heavy atom. The molecule has 1 N–H and O–H groups in total. The lowest BCUT2D eigenvalue weighted by Crippen LogP contribution is -2.50. The van der Waals surface area contributed by atoms with Gasteiger partial charge in [0.1, 0.15) is 0 Å². The van der Waals surface area contributed by atoms with Crippen LogP contribution in [-0.4, -0.2) is 23.9 Å². The molecular formula is C16H20N2OS2. The van der Waals surface area contributed by atoms with Crippen LogP contribution in [0.25, 0.3) is 0 Å². The van der Waals surface area contributed by atoms with Crippen molar-refractivity contribution in [2.24, 2.45) is 11.8 Å². The fourth-order valence-electron chi connectivity index (χ4n) is 2.55. The van der Waals surface area contributed by atoms with Gasteiger partial charge in [-0.05, 0) is 41.9 Å². The molecule has 5 heteroatoms. The van der Waals surface area contributed by atoms with Crippen LogP contribution < -0.4 is 5.32 Å². The molecule has 1 atom stereocenters. The molecule has 2 aromatic rings. The maximum atomic E-state index is 12.8. The topological polar surface area (TPSA) is 32.3 Å². The SMILES string of the molecule is CC(C(=O)N(Cc1cccs1)Cc1cccs1)C1CNC1. The Labute approximate surface area is 133 Å². The third kappa shape index (κ3) is 3.54. The molecule has 1 unspecified atom stereocenters. The van der Waals surface area contributed by atoms with Gasteiger partial charge in [-0.3, -0.25) is 4.79 Å². The standard InChI is InChI=1S/C16H20N2OS2/c1-12(13-8-17-9-13)16(19)18(10-14-4-2-6-20-14)11-15-5-3-7-21-15/h2-7,12-13,17H,8-11H2,1H3. The number of nitrogens with zero attached hydrogens (tertiary/aromatic N) is 1. The second-order valence-electron chi connectivity index (χ2n) is 5.56. The van der Waals surface area contributed by atoms with E-state index in [0.717, 1.165) is 26.2 Å². The van der Waals surface area contributed by atoms with Crippen LogP contribution in [0.1, 0.15) is 16.7 Å². The van der Waals surface area contributed by atoms with Crippen molar-refractivity contribution in [2.75, 3.05) is 13.1 Å². The maximum absolute atomic E-state index is 12.8. The highest BCUT2D eigenvalue weighted by Gasteiger charge is 2.31. The van der Waals surface area contributed by atoms with Crippen LogP contribution in [0.15, 0.2) is 35.0 Å². The Hall–Kier alpha value is -1.17. The van der Waals surface area contributed by atoms with E-state index in [1.807, 2.05) is 17.0 Å². The number of amides is 1. The first kappa shape index (κ1) is 14.8. The molecule has 1 aliphatic rings. The summed E-state index contributed by atoms with van der Waals surface area (Å²) in [6, 6.07) is 8.31. The summed E-state index contributed by atoms with van der Waals surface area (Å²) in [6.07, 6.45) is 0. The van der Waals surface area contributed by atoms with E-state index in [0.29, 0.717) is 5.92 Å². The van der Waals surface area contributed by atoms with Crippen molar-refractivity contribution in [3.05, 3.63) is 44.8 Å². The number of carbonyl (C=O) groups excluding carboxylic acids is 1. The normalized spacial score (nSPS) is 16.4. The van der Waals surface area contributed by atoms with Crippen molar-refractivity contribution in [2.45, 2.75) is 20.0 Å². The molecule has 3 rings (SSSR count). The molecule has 0 spiro atoms. The maximum Gasteiger partial charge on any atom is 0.226 e. The smallest absolute Gasteiger partial charge is 0.226 e. The van der Waals surface area contributed by atoms with Gasteiger partial charge in [-0.25, -0.2) is 0 Å². The van der Waals surface area contributed by atoms with E-state index in [4.69, 9.17) is 0 Å². The number of hydrogen-bond donors (Lipinski definition) is 1. The van der Waals surface area contributed by atoms with Gasteiger partial charge in [0.05, 0.1) is 13.1 Å². The van der Waals surface area contributed by atoms with Crippen LogP contribution in [0.4, 0.5) is 0 Å². The molecule has 2 aromatic heterocycles. The van der Waals surface area contributed by atoms with Crippen LogP contribution in [-0.2, 0) is 17.9 Å². The zero-order valence-electron chi connectivity index (χ0n) is 12.1. The highest BCUT2D eigenvalue weighted by atomic mass is 32.1. The molecule has 3 heterocycles. The number of nitrogens with one attached hydrogen (secondary N) is 1. The Kier molecular flexibility index (Phi) is 4.73. The van der Waals surface area contributed by atoms with Gasteiger partial charge in [-0.1, -0.05) is 19.1 Å². The van der Waals surface area contributed by atoms with Gasteiger partial charge in [-0.15, -0.1) is 22.7 Å². The number of rotatable bonds is 6. The predicted molar refractivity (Wildman–Crippen MR) is 88.4 cm³/mol. The van der Waals surface area contributed by atoms with Crippen LogP contribution >= 0.6 is 22.7 Å². The fourth-order valence-corrected chi connectivity index (χ4v) is 3.99. The summed E-state index contributed by atoms with van der Waals surface area (Å²) in [5.41, 5.74) is 0. The average Bonchev–Trinajstić information content (AvgIpc) is 3.08. The Morgan fingerprint density at radius 1 is 1.24 bits per heavy atom. The molecule has 1 aliphatic heterocycles. The molecule has 1 saturated heterocycles. The Bertz CT molecular complexity index is 525. The largest absolute Gasteiger partial charge is 0.332 e. The monoisotopic (exact) mass is 320 g/mol. The first-order valence-electron chi connectivity index (χ1n) is 7.28. The lowest BCUT2D eigenvalue weighted by Gasteiger charge is -2.35. The quantitative estimate of drug-likeness (QED) is 0.886. The van der Waals surface area contributed by atoms with E-state index in [1.165, 1.54) is 9.75 Å². The molecule has 0 radical (unpaired) electrons. The van der Waals surface area contributed by atoms with Gasteiger partial charge in [0, 0.05) is 15.7 Å². The number of hydrogen-bond acceptors (Lipinski definition) is 4. The zero-order chi connectivity index (χ0) is 14.7. The highest BCUT2D eigenvalue weighted by molar-refractivity contribution is 7.10. The summed E-state index contributed by atoms with van der Waals surface area (Å²) in [4.78, 5) is 17.3. The fraction of sp³-hybridized carbons (Fsp3) is 0.438. The molecule has 1 amide bonds. The molecule has 0 aromatic carbocycles. The highest BCUT2D eigenvalue weighted by Crippen LogP contribution is 2.23. The van der Waals surface area contributed by atoms with Gasteiger partial charge in [0.2, 0.25) is 5.91 Å². The van der Waals surface area contributed by atoms with Crippen LogP contribution in [0, 0.1) is 11.8 Å². The molecule has 0 bridgehead atoms. The third-order valence-corrected chi connectivity index (χ3v) is 5.80. The summed E-state index contributed by atoms with van der Waals surface area (Å²) in [5.74, 6) is 0.876. The minimum absolute atomic E-state index is 0.103. The molecule has 0 saturated carbocycles. The van der Waals surface area contributed by atoms with E-state index in [9.17, 15) is 4.79 Å². The summed E-state index contributed by atoms with van der Waals surface area (Å²) in [5, 5.41) is 7.40. The molecule has 21 heavy (non-hydrogen) atoms. The summed E-state index contributed by atoms with van der Waals surface area (Å²) in [7, 11) is 0. The second kappa shape index (κ2) is 6.73. The van der Waals surface area contributed by atoms with Crippen molar-refractivity contribution < 1.29 is 4.79 Å². The molecule has 112 valence electrons. The van der Waals surface area contributed by atoms with Gasteiger partial charge >= 0.3 is 0 Å². The van der Waals surface area contributed by atoms with Gasteiger partial charge in [0.25, 0.3) is 0 Å². The minimum atomic E-state index is 0.103. The summed E-state index contributed by atoms with van der Waals surface area (Å²) < 4.78 is 0. The zero-order valence-corrected chi connectivity index (χ0v) is 13.8. The van der Waals surface area contributed by atoms with Gasteiger partial charge < -0.3 is 10.2 Å². The second-order valence-corrected chi connectivity index (χ2v) is 7.62. The van der Waals surface area contributed by atoms with Crippen LogP contribution in [0.2, 0.25) is 0 Å². The van der Waals surface area contributed by atoms with Crippen molar-refractivity contribution >= 4 is 28.6 Å². The van der Waals surface area contributed by atoms with Crippen LogP contribution in [0.3, 0.4) is 0 Å². The lowest BCUT2D eigenvalue weighted by atomic mass is 9.88. The molecular weight excluding hydrogens is 300 g/mol. The minimum Gasteiger partial charge on any atom is -0.332 e. The Balaban J connectivity index is 1.72. The molecule has 0 aliphatic carbocycles. The summed E-state index contributed by atoms with van der Waals surface area (Å²) >= 11 is 3.44. The van der Waals surface area contributed by atoms with Crippen molar-refractivity contribution in [3.8, 4) is 0 Å². The first-order chi connectivity index (χ1) is 10.2. The van der Waals surface area contributed by atoms with Gasteiger partial charge in [0.15, 0.2) is 0 Å². The van der Waals surface area contributed by atoms with Crippen LogP contribution in [0.5, 0.6) is 0 Å².